The van der Waals surface area contributed by atoms with Crippen LogP contribution in [0.2, 0.25) is 0 Å². The largest absolute Gasteiger partial charge is 0.407 e. The van der Waals surface area contributed by atoms with Gasteiger partial charge in [-0.2, -0.15) is 0 Å². The molecule has 0 aromatic carbocycles. The Morgan fingerprint density at radius 2 is 2.10 bits per heavy atom. The number of nitrogens with zero attached hydrogens (tertiary/aromatic N) is 3. The zero-order valence-electron chi connectivity index (χ0n) is 12.2. The highest BCUT2D eigenvalue weighted by Crippen LogP contribution is 2.09. The van der Waals surface area contributed by atoms with Gasteiger partial charge in [0.15, 0.2) is 0 Å². The molecule has 2 heterocycles. The average molecular weight is 275 g/mol. The van der Waals surface area contributed by atoms with Crippen LogP contribution in [0, 0.1) is 12.8 Å². The molecule has 108 valence electrons. The minimum absolute atomic E-state index is 0.427. The molecular formula is C14H21N5O. The van der Waals surface area contributed by atoms with Crippen molar-refractivity contribution in [2.75, 3.05) is 11.9 Å². The fraction of sp³-hybridized carbons (Fsp3) is 0.500. The number of pyridine rings is 1. The van der Waals surface area contributed by atoms with Crippen molar-refractivity contribution in [2.45, 2.75) is 33.9 Å². The van der Waals surface area contributed by atoms with E-state index >= 15 is 0 Å². The summed E-state index contributed by atoms with van der Waals surface area (Å²) in [7, 11) is 0. The third kappa shape index (κ3) is 4.31. The second-order valence-electron chi connectivity index (χ2n) is 5.15. The van der Waals surface area contributed by atoms with Gasteiger partial charge < -0.3 is 15.1 Å². The molecule has 0 spiro atoms. The van der Waals surface area contributed by atoms with Crippen molar-refractivity contribution in [1.82, 2.24) is 20.5 Å². The molecule has 6 heteroatoms. The average Bonchev–Trinajstić information content (AvgIpc) is 2.85. The van der Waals surface area contributed by atoms with E-state index in [0.717, 1.165) is 17.8 Å². The SMILES string of the molecule is Cc1cccnc1CNc1nnc(CNCC(C)C)o1. The first-order chi connectivity index (χ1) is 9.65. The van der Waals surface area contributed by atoms with Crippen LogP contribution >= 0.6 is 0 Å². The van der Waals surface area contributed by atoms with Gasteiger partial charge in [0.2, 0.25) is 5.89 Å². The Kier molecular flexibility index (Phi) is 5.06. The first-order valence-electron chi connectivity index (χ1n) is 6.82. The second-order valence-corrected chi connectivity index (χ2v) is 5.15. The van der Waals surface area contributed by atoms with Gasteiger partial charge in [0, 0.05) is 6.20 Å². The predicted octanol–water partition coefficient (Wildman–Crippen LogP) is 2.13. The van der Waals surface area contributed by atoms with Crippen LogP contribution in [-0.4, -0.2) is 21.7 Å². The molecule has 0 aliphatic rings. The summed E-state index contributed by atoms with van der Waals surface area (Å²) >= 11 is 0. The zero-order chi connectivity index (χ0) is 14.4. The van der Waals surface area contributed by atoms with Gasteiger partial charge in [-0.25, -0.2) is 0 Å². The van der Waals surface area contributed by atoms with Crippen molar-refractivity contribution in [3.8, 4) is 0 Å². The number of anilines is 1. The monoisotopic (exact) mass is 275 g/mol. The van der Waals surface area contributed by atoms with Gasteiger partial charge in [-0.15, -0.1) is 5.10 Å². The van der Waals surface area contributed by atoms with Crippen LogP contribution in [0.15, 0.2) is 22.7 Å². The summed E-state index contributed by atoms with van der Waals surface area (Å²) in [5, 5.41) is 14.3. The molecule has 0 atom stereocenters. The molecule has 0 aliphatic carbocycles. The van der Waals surface area contributed by atoms with Crippen molar-refractivity contribution >= 4 is 6.01 Å². The first-order valence-corrected chi connectivity index (χ1v) is 6.82. The maximum Gasteiger partial charge on any atom is 0.315 e. The third-order valence-electron chi connectivity index (χ3n) is 2.82. The van der Waals surface area contributed by atoms with E-state index in [0.29, 0.717) is 30.9 Å². The Morgan fingerprint density at radius 3 is 2.85 bits per heavy atom. The van der Waals surface area contributed by atoms with Crippen LogP contribution in [0.1, 0.15) is 31.0 Å². The van der Waals surface area contributed by atoms with Crippen LogP contribution in [0.25, 0.3) is 0 Å². The van der Waals surface area contributed by atoms with Crippen LogP contribution < -0.4 is 10.6 Å². The Labute approximate surface area is 119 Å². The van der Waals surface area contributed by atoms with Gasteiger partial charge in [0.05, 0.1) is 18.8 Å². The van der Waals surface area contributed by atoms with Crippen LogP contribution in [0.3, 0.4) is 0 Å². The van der Waals surface area contributed by atoms with E-state index in [2.05, 4.69) is 39.7 Å². The molecule has 0 radical (unpaired) electrons. The van der Waals surface area contributed by atoms with Crippen LogP contribution in [0.4, 0.5) is 6.01 Å². The number of aryl methyl sites for hydroxylation is 1. The van der Waals surface area contributed by atoms with E-state index in [-0.39, 0.29) is 0 Å². The fourth-order valence-corrected chi connectivity index (χ4v) is 1.73. The summed E-state index contributed by atoms with van der Waals surface area (Å²) in [4.78, 5) is 4.30. The van der Waals surface area contributed by atoms with Gasteiger partial charge in [-0.05, 0) is 31.0 Å². The van der Waals surface area contributed by atoms with Gasteiger partial charge in [0.1, 0.15) is 0 Å². The molecule has 0 saturated carbocycles. The van der Waals surface area contributed by atoms with Gasteiger partial charge in [-0.1, -0.05) is 25.0 Å². The number of rotatable bonds is 7. The molecule has 2 aromatic rings. The number of hydrogen-bond donors (Lipinski definition) is 2. The summed E-state index contributed by atoms with van der Waals surface area (Å²) in [6.07, 6.45) is 1.78. The minimum Gasteiger partial charge on any atom is -0.407 e. The van der Waals surface area contributed by atoms with Crippen molar-refractivity contribution in [3.63, 3.8) is 0 Å². The molecule has 0 bridgehead atoms. The Hall–Kier alpha value is -1.95. The predicted molar refractivity (Wildman–Crippen MR) is 77.1 cm³/mol. The summed E-state index contributed by atoms with van der Waals surface area (Å²) in [6, 6.07) is 4.37. The lowest BCUT2D eigenvalue weighted by Crippen LogP contribution is -2.19. The second kappa shape index (κ2) is 7.00. The van der Waals surface area contributed by atoms with Crippen molar-refractivity contribution in [1.29, 1.82) is 0 Å². The Balaban J connectivity index is 1.82. The molecule has 20 heavy (non-hydrogen) atoms. The van der Waals surface area contributed by atoms with E-state index < -0.39 is 0 Å². The van der Waals surface area contributed by atoms with E-state index in [1.807, 2.05) is 19.1 Å². The smallest absolute Gasteiger partial charge is 0.315 e. The molecule has 2 N–H and O–H groups in total. The van der Waals surface area contributed by atoms with Gasteiger partial charge in [0.25, 0.3) is 0 Å². The maximum absolute atomic E-state index is 5.50. The van der Waals surface area contributed by atoms with Crippen molar-refractivity contribution in [2.24, 2.45) is 5.92 Å². The number of hydrogen-bond acceptors (Lipinski definition) is 6. The molecule has 2 rings (SSSR count). The van der Waals surface area contributed by atoms with E-state index in [9.17, 15) is 0 Å². The summed E-state index contributed by atoms with van der Waals surface area (Å²) in [5.74, 6) is 1.19. The zero-order valence-corrected chi connectivity index (χ0v) is 12.2. The van der Waals surface area contributed by atoms with Gasteiger partial charge in [-0.3, -0.25) is 4.98 Å². The quantitative estimate of drug-likeness (QED) is 0.806. The molecule has 6 nitrogen and oxygen atoms in total. The lowest BCUT2D eigenvalue weighted by molar-refractivity contribution is 0.458. The summed E-state index contributed by atoms with van der Waals surface area (Å²) in [6.45, 7) is 8.44. The normalized spacial score (nSPS) is 11.0. The highest BCUT2D eigenvalue weighted by Gasteiger charge is 2.06. The highest BCUT2D eigenvalue weighted by molar-refractivity contribution is 5.24. The summed E-state index contributed by atoms with van der Waals surface area (Å²) in [5.41, 5.74) is 2.11. The third-order valence-corrected chi connectivity index (χ3v) is 2.82. The highest BCUT2D eigenvalue weighted by atomic mass is 16.4. The lowest BCUT2D eigenvalue weighted by atomic mass is 10.2. The molecule has 0 fully saturated rings. The topological polar surface area (TPSA) is 75.9 Å². The molecule has 0 aliphatic heterocycles. The number of nitrogens with one attached hydrogen (secondary N) is 2. The number of aromatic nitrogens is 3. The summed E-state index contributed by atoms with van der Waals surface area (Å²) < 4.78 is 5.50. The Bertz CT molecular complexity index is 538. The first kappa shape index (κ1) is 14.5. The molecular weight excluding hydrogens is 254 g/mol. The van der Waals surface area contributed by atoms with Gasteiger partial charge >= 0.3 is 6.01 Å². The molecule has 0 unspecified atom stereocenters. The Morgan fingerprint density at radius 1 is 1.25 bits per heavy atom. The maximum atomic E-state index is 5.50. The molecule has 0 amide bonds. The van der Waals surface area contributed by atoms with E-state index in [1.165, 1.54) is 0 Å². The van der Waals surface area contributed by atoms with Crippen molar-refractivity contribution < 1.29 is 4.42 Å². The minimum atomic E-state index is 0.427. The van der Waals surface area contributed by atoms with Crippen molar-refractivity contribution in [3.05, 3.63) is 35.5 Å². The van der Waals surface area contributed by atoms with Crippen LogP contribution in [0.5, 0.6) is 0 Å². The fourth-order valence-electron chi connectivity index (χ4n) is 1.73. The van der Waals surface area contributed by atoms with E-state index in [1.54, 1.807) is 6.20 Å². The molecule has 0 saturated heterocycles. The molecule has 2 aromatic heterocycles. The van der Waals surface area contributed by atoms with E-state index in [4.69, 9.17) is 4.42 Å². The van der Waals surface area contributed by atoms with Crippen LogP contribution in [-0.2, 0) is 13.1 Å². The lowest BCUT2D eigenvalue weighted by Gasteiger charge is -2.04. The standard InChI is InChI=1S/C14H21N5O/c1-10(2)7-15-9-13-18-19-14(20-13)17-8-12-11(3)5-4-6-16-12/h4-6,10,15H,7-9H2,1-3H3,(H,17,19).